The summed E-state index contributed by atoms with van der Waals surface area (Å²) in [6.45, 7) is 5.03. The summed E-state index contributed by atoms with van der Waals surface area (Å²) in [6, 6.07) is 4.65. The van der Waals surface area contributed by atoms with Crippen LogP contribution in [-0.2, 0) is 11.3 Å². The molecular formula is C15H22FN3O2. The van der Waals surface area contributed by atoms with Crippen LogP contribution >= 0.6 is 0 Å². The fourth-order valence-electron chi connectivity index (χ4n) is 2.66. The van der Waals surface area contributed by atoms with Gasteiger partial charge in [-0.15, -0.1) is 0 Å². The van der Waals surface area contributed by atoms with Gasteiger partial charge in [-0.2, -0.15) is 0 Å². The molecule has 0 saturated carbocycles. The maximum absolute atomic E-state index is 14.1. The molecule has 0 bridgehead atoms. The summed E-state index contributed by atoms with van der Waals surface area (Å²) in [6.07, 6.45) is 2.37. The van der Waals surface area contributed by atoms with Gasteiger partial charge in [0, 0.05) is 30.8 Å². The van der Waals surface area contributed by atoms with Crippen molar-refractivity contribution < 1.29 is 14.3 Å². The molecule has 5 nitrogen and oxygen atoms in total. The lowest BCUT2D eigenvalue weighted by atomic mass is 10.1. The van der Waals surface area contributed by atoms with Crippen LogP contribution in [0.3, 0.4) is 0 Å². The number of rotatable bonds is 5. The maximum Gasteiger partial charge on any atom is 0.170 e. The van der Waals surface area contributed by atoms with Crippen LogP contribution in [0, 0.1) is 5.82 Å². The van der Waals surface area contributed by atoms with Gasteiger partial charge in [0.25, 0.3) is 0 Å². The number of likely N-dealkylation sites (tertiary alicyclic amines) is 1. The third-order valence-corrected chi connectivity index (χ3v) is 3.72. The van der Waals surface area contributed by atoms with Crippen molar-refractivity contribution in [3.8, 4) is 0 Å². The lowest BCUT2D eigenvalue weighted by molar-refractivity contribution is 0.00337. The molecule has 0 radical (unpaired) electrons. The van der Waals surface area contributed by atoms with E-state index in [2.05, 4.69) is 10.1 Å². The van der Waals surface area contributed by atoms with Crippen LogP contribution in [0.15, 0.2) is 23.4 Å². The quantitative estimate of drug-likeness (QED) is 0.377. The predicted molar refractivity (Wildman–Crippen MR) is 78.8 cm³/mol. The van der Waals surface area contributed by atoms with Gasteiger partial charge < -0.3 is 15.7 Å². The van der Waals surface area contributed by atoms with Gasteiger partial charge in [-0.3, -0.25) is 4.90 Å². The molecule has 0 spiro atoms. The molecule has 0 aliphatic carbocycles. The third-order valence-electron chi connectivity index (χ3n) is 3.72. The Bertz CT molecular complexity index is 506. The van der Waals surface area contributed by atoms with Gasteiger partial charge >= 0.3 is 0 Å². The number of nitrogens with zero attached hydrogens (tertiary/aromatic N) is 2. The van der Waals surface area contributed by atoms with E-state index < -0.39 is 0 Å². The van der Waals surface area contributed by atoms with Gasteiger partial charge in [-0.1, -0.05) is 17.3 Å². The Balaban J connectivity index is 2.02. The highest BCUT2D eigenvalue weighted by Crippen LogP contribution is 2.18. The number of benzene rings is 1. The van der Waals surface area contributed by atoms with E-state index in [1.807, 2.05) is 6.92 Å². The van der Waals surface area contributed by atoms with Crippen LogP contribution in [0.4, 0.5) is 4.39 Å². The van der Waals surface area contributed by atoms with E-state index in [4.69, 9.17) is 15.7 Å². The predicted octanol–water partition coefficient (Wildman–Crippen LogP) is 1.92. The minimum Gasteiger partial charge on any atom is -0.409 e. The van der Waals surface area contributed by atoms with Crippen molar-refractivity contribution in [1.29, 1.82) is 0 Å². The highest BCUT2D eigenvalue weighted by molar-refractivity contribution is 5.97. The first kappa shape index (κ1) is 15.7. The number of halogens is 1. The molecule has 1 aliphatic heterocycles. The van der Waals surface area contributed by atoms with Gasteiger partial charge in [-0.05, 0) is 32.4 Å². The molecule has 1 heterocycles. The number of oxime groups is 1. The number of hydrogen-bond acceptors (Lipinski definition) is 4. The van der Waals surface area contributed by atoms with E-state index in [1.165, 1.54) is 6.07 Å². The number of nitrogens with two attached hydrogens (primary N) is 1. The first-order valence-corrected chi connectivity index (χ1v) is 7.24. The first-order valence-electron chi connectivity index (χ1n) is 7.24. The van der Waals surface area contributed by atoms with Crippen molar-refractivity contribution in [2.75, 3.05) is 19.7 Å². The maximum atomic E-state index is 14.1. The van der Waals surface area contributed by atoms with Crippen LogP contribution in [0.2, 0.25) is 0 Å². The molecule has 21 heavy (non-hydrogen) atoms. The number of piperidine rings is 1. The topological polar surface area (TPSA) is 71.1 Å². The Labute approximate surface area is 124 Å². The van der Waals surface area contributed by atoms with Gasteiger partial charge in [0.2, 0.25) is 0 Å². The normalized spacial score (nSPS) is 20.7. The standard InChI is InChI=1S/C15H22FN3O2/c1-2-21-13-4-3-7-19(10-13)9-12-6-5-11(8-14(12)16)15(17)18-20/h5-6,8,13,20H,2-4,7,9-10H2,1H3,(H2,17,18). The number of hydrogen-bond donors (Lipinski definition) is 2. The first-order chi connectivity index (χ1) is 10.1. The van der Waals surface area contributed by atoms with Crippen molar-refractivity contribution in [3.05, 3.63) is 35.1 Å². The third kappa shape index (κ3) is 4.15. The Hall–Kier alpha value is -1.66. The summed E-state index contributed by atoms with van der Waals surface area (Å²) < 4.78 is 19.7. The lowest BCUT2D eigenvalue weighted by Gasteiger charge is -2.32. The summed E-state index contributed by atoms with van der Waals surface area (Å²) in [4.78, 5) is 2.20. The van der Waals surface area contributed by atoms with E-state index in [0.29, 0.717) is 24.3 Å². The molecule has 3 N–H and O–H groups in total. The van der Waals surface area contributed by atoms with Crippen molar-refractivity contribution in [1.82, 2.24) is 4.90 Å². The van der Waals surface area contributed by atoms with Gasteiger partial charge in [0.15, 0.2) is 5.84 Å². The second kappa shape index (κ2) is 7.38. The highest BCUT2D eigenvalue weighted by Gasteiger charge is 2.21. The minimum atomic E-state index is -0.336. The number of ether oxygens (including phenoxy) is 1. The summed E-state index contributed by atoms with van der Waals surface area (Å²) in [7, 11) is 0. The second-order valence-corrected chi connectivity index (χ2v) is 5.25. The zero-order chi connectivity index (χ0) is 15.2. The monoisotopic (exact) mass is 295 g/mol. The van der Waals surface area contributed by atoms with Crippen LogP contribution in [0.25, 0.3) is 0 Å². The van der Waals surface area contributed by atoms with E-state index in [1.54, 1.807) is 12.1 Å². The molecule has 0 amide bonds. The van der Waals surface area contributed by atoms with E-state index >= 15 is 0 Å². The zero-order valence-electron chi connectivity index (χ0n) is 12.3. The van der Waals surface area contributed by atoms with Gasteiger partial charge in [-0.25, -0.2) is 4.39 Å². The number of amidine groups is 1. The molecule has 1 saturated heterocycles. The van der Waals surface area contributed by atoms with Crippen LogP contribution < -0.4 is 5.73 Å². The molecule has 6 heteroatoms. The summed E-state index contributed by atoms with van der Waals surface area (Å²) in [5.41, 5.74) is 6.45. The van der Waals surface area contributed by atoms with Crippen molar-refractivity contribution in [3.63, 3.8) is 0 Å². The minimum absolute atomic E-state index is 0.0881. The largest absolute Gasteiger partial charge is 0.409 e. The van der Waals surface area contributed by atoms with E-state index in [0.717, 1.165) is 25.9 Å². The molecule has 1 atom stereocenters. The molecule has 0 aromatic heterocycles. The Morgan fingerprint density at radius 3 is 3.05 bits per heavy atom. The van der Waals surface area contributed by atoms with E-state index in [9.17, 15) is 4.39 Å². The van der Waals surface area contributed by atoms with Crippen molar-refractivity contribution in [2.45, 2.75) is 32.4 Å². The fourth-order valence-corrected chi connectivity index (χ4v) is 2.66. The molecule has 1 fully saturated rings. The average Bonchev–Trinajstić information content (AvgIpc) is 2.49. The zero-order valence-corrected chi connectivity index (χ0v) is 12.3. The average molecular weight is 295 g/mol. The molecule has 1 aliphatic rings. The van der Waals surface area contributed by atoms with Crippen LogP contribution in [0.5, 0.6) is 0 Å². The summed E-state index contributed by atoms with van der Waals surface area (Å²) >= 11 is 0. The fraction of sp³-hybridized carbons (Fsp3) is 0.533. The van der Waals surface area contributed by atoms with Crippen molar-refractivity contribution >= 4 is 5.84 Å². The molecule has 1 aromatic rings. The van der Waals surface area contributed by atoms with Crippen LogP contribution in [0.1, 0.15) is 30.9 Å². The smallest absolute Gasteiger partial charge is 0.170 e. The second-order valence-electron chi connectivity index (χ2n) is 5.25. The van der Waals surface area contributed by atoms with Crippen molar-refractivity contribution in [2.24, 2.45) is 10.9 Å². The Morgan fingerprint density at radius 1 is 1.57 bits per heavy atom. The highest BCUT2D eigenvalue weighted by atomic mass is 19.1. The summed E-state index contributed by atoms with van der Waals surface area (Å²) in [5.74, 6) is -0.424. The Kier molecular flexibility index (Phi) is 5.52. The summed E-state index contributed by atoms with van der Waals surface area (Å²) in [5, 5.41) is 11.5. The Morgan fingerprint density at radius 2 is 2.38 bits per heavy atom. The van der Waals surface area contributed by atoms with Gasteiger partial charge in [0.1, 0.15) is 5.82 Å². The molecule has 1 aromatic carbocycles. The SMILES string of the molecule is CCOC1CCCN(Cc2ccc(C(N)=NO)cc2F)C1. The van der Waals surface area contributed by atoms with Crippen LogP contribution in [-0.4, -0.2) is 41.7 Å². The molecule has 116 valence electrons. The molecule has 1 unspecified atom stereocenters. The van der Waals surface area contributed by atoms with Gasteiger partial charge in [0.05, 0.1) is 6.10 Å². The molecular weight excluding hydrogens is 273 g/mol. The lowest BCUT2D eigenvalue weighted by Crippen LogP contribution is -2.39. The molecule has 2 rings (SSSR count). The van der Waals surface area contributed by atoms with E-state index in [-0.39, 0.29) is 17.8 Å².